The Balaban J connectivity index is 1.76. The summed E-state index contributed by atoms with van der Waals surface area (Å²) in [6, 6.07) is 9.80. The molecule has 3 rings (SSSR count). The van der Waals surface area contributed by atoms with Gasteiger partial charge in [0.25, 0.3) is 5.69 Å². The number of nitro benzene ring substituents is 1. The molecule has 6 nitrogen and oxygen atoms in total. The third-order valence-electron chi connectivity index (χ3n) is 3.40. The molecule has 0 N–H and O–H groups in total. The standard InChI is InChI=1S/C15H13N3O3S/c19-14(10-11-3-5-12(6-4-11)18(20)21)17-8-9-22-15-13(17)2-1-7-16-15/h1-7H,8-10H2. The zero-order chi connectivity index (χ0) is 15.5. The number of nitrogens with zero attached hydrogens (tertiary/aromatic N) is 3. The van der Waals surface area contributed by atoms with Crippen molar-refractivity contribution in [3.8, 4) is 0 Å². The van der Waals surface area contributed by atoms with Gasteiger partial charge in [-0.25, -0.2) is 4.98 Å². The number of fused-ring (bicyclic) bond motifs is 1. The second-order valence-corrected chi connectivity index (χ2v) is 5.91. The smallest absolute Gasteiger partial charge is 0.269 e. The predicted molar refractivity (Wildman–Crippen MR) is 84.1 cm³/mol. The summed E-state index contributed by atoms with van der Waals surface area (Å²) in [5.41, 5.74) is 1.63. The zero-order valence-electron chi connectivity index (χ0n) is 11.6. The molecule has 1 aliphatic rings. The van der Waals surface area contributed by atoms with Crippen molar-refractivity contribution in [3.63, 3.8) is 0 Å². The van der Waals surface area contributed by atoms with Crippen LogP contribution in [0.3, 0.4) is 0 Å². The van der Waals surface area contributed by atoms with Crippen LogP contribution in [0.4, 0.5) is 11.4 Å². The molecule has 0 saturated carbocycles. The zero-order valence-corrected chi connectivity index (χ0v) is 12.5. The first-order valence-electron chi connectivity index (χ1n) is 6.76. The summed E-state index contributed by atoms with van der Waals surface area (Å²) < 4.78 is 0. The number of benzene rings is 1. The molecule has 7 heteroatoms. The topological polar surface area (TPSA) is 76.3 Å². The van der Waals surface area contributed by atoms with Gasteiger partial charge in [-0.3, -0.25) is 14.9 Å². The molecular weight excluding hydrogens is 302 g/mol. The van der Waals surface area contributed by atoms with Gasteiger partial charge in [0.2, 0.25) is 5.91 Å². The Morgan fingerprint density at radius 2 is 2.09 bits per heavy atom. The number of carbonyl (C=O) groups is 1. The summed E-state index contributed by atoms with van der Waals surface area (Å²) >= 11 is 1.64. The predicted octanol–water partition coefficient (Wildman–Crippen LogP) is 2.67. The van der Waals surface area contributed by atoms with Gasteiger partial charge in [-0.05, 0) is 17.7 Å². The Hall–Kier alpha value is -2.41. The number of amides is 1. The molecule has 0 aliphatic carbocycles. The highest BCUT2D eigenvalue weighted by Gasteiger charge is 2.23. The van der Waals surface area contributed by atoms with E-state index in [0.29, 0.717) is 6.54 Å². The van der Waals surface area contributed by atoms with Gasteiger partial charge >= 0.3 is 0 Å². The van der Waals surface area contributed by atoms with Gasteiger partial charge in [0, 0.05) is 30.6 Å². The molecule has 2 aromatic rings. The molecule has 2 heterocycles. The van der Waals surface area contributed by atoms with E-state index in [1.165, 1.54) is 12.1 Å². The maximum absolute atomic E-state index is 12.5. The lowest BCUT2D eigenvalue weighted by Crippen LogP contribution is -2.36. The number of anilines is 1. The van der Waals surface area contributed by atoms with Gasteiger partial charge in [-0.2, -0.15) is 0 Å². The Bertz CT molecular complexity index is 718. The minimum absolute atomic E-state index is 0.0246. The van der Waals surface area contributed by atoms with Gasteiger partial charge < -0.3 is 4.90 Å². The van der Waals surface area contributed by atoms with Crippen molar-refractivity contribution in [1.82, 2.24) is 4.98 Å². The van der Waals surface area contributed by atoms with Crippen molar-refractivity contribution in [1.29, 1.82) is 0 Å². The van der Waals surface area contributed by atoms with Crippen molar-refractivity contribution >= 4 is 29.0 Å². The van der Waals surface area contributed by atoms with Crippen molar-refractivity contribution in [2.45, 2.75) is 11.4 Å². The second-order valence-electron chi connectivity index (χ2n) is 4.82. The van der Waals surface area contributed by atoms with Crippen LogP contribution in [-0.4, -0.2) is 28.1 Å². The number of hydrogen-bond donors (Lipinski definition) is 0. The summed E-state index contributed by atoms with van der Waals surface area (Å²) in [7, 11) is 0. The van der Waals surface area contributed by atoms with E-state index in [1.54, 1.807) is 35.0 Å². The Morgan fingerprint density at radius 3 is 2.82 bits per heavy atom. The maximum atomic E-state index is 12.5. The van der Waals surface area contributed by atoms with E-state index < -0.39 is 4.92 Å². The minimum Gasteiger partial charge on any atom is -0.309 e. The van der Waals surface area contributed by atoms with E-state index in [4.69, 9.17) is 0 Å². The van der Waals surface area contributed by atoms with Crippen LogP contribution in [0.15, 0.2) is 47.6 Å². The normalized spacial score (nSPS) is 13.5. The molecular formula is C15H13N3O3S. The number of aromatic nitrogens is 1. The fourth-order valence-electron chi connectivity index (χ4n) is 2.32. The molecule has 0 saturated heterocycles. The first-order chi connectivity index (χ1) is 10.6. The minimum atomic E-state index is -0.449. The van der Waals surface area contributed by atoms with Gasteiger partial charge in [0.1, 0.15) is 5.03 Å². The maximum Gasteiger partial charge on any atom is 0.269 e. The van der Waals surface area contributed by atoms with Crippen LogP contribution in [0.2, 0.25) is 0 Å². The Labute approximate surface area is 131 Å². The fraction of sp³-hybridized carbons (Fsp3) is 0.200. The number of rotatable bonds is 3. The average molecular weight is 315 g/mol. The fourth-order valence-corrected chi connectivity index (χ4v) is 3.25. The van der Waals surface area contributed by atoms with Crippen molar-refractivity contribution in [2.24, 2.45) is 0 Å². The molecule has 1 aliphatic heterocycles. The van der Waals surface area contributed by atoms with Crippen LogP contribution >= 0.6 is 11.8 Å². The van der Waals surface area contributed by atoms with Crippen LogP contribution in [0.5, 0.6) is 0 Å². The third-order valence-corrected chi connectivity index (χ3v) is 4.37. The highest BCUT2D eigenvalue weighted by Crippen LogP contribution is 2.32. The first-order valence-corrected chi connectivity index (χ1v) is 7.75. The van der Waals surface area contributed by atoms with Crippen LogP contribution in [-0.2, 0) is 11.2 Å². The molecule has 1 aromatic carbocycles. The number of hydrogen-bond acceptors (Lipinski definition) is 5. The molecule has 0 radical (unpaired) electrons. The van der Waals surface area contributed by atoms with Crippen LogP contribution in [0, 0.1) is 10.1 Å². The average Bonchev–Trinajstić information content (AvgIpc) is 2.54. The molecule has 1 aromatic heterocycles. The highest BCUT2D eigenvalue weighted by atomic mass is 32.2. The lowest BCUT2D eigenvalue weighted by Gasteiger charge is -2.28. The van der Waals surface area contributed by atoms with Crippen molar-refractivity contribution in [3.05, 3.63) is 58.3 Å². The number of thioether (sulfide) groups is 1. The van der Waals surface area contributed by atoms with Crippen molar-refractivity contribution < 1.29 is 9.72 Å². The molecule has 1 amide bonds. The van der Waals surface area contributed by atoms with E-state index in [1.807, 2.05) is 12.1 Å². The largest absolute Gasteiger partial charge is 0.309 e. The summed E-state index contributed by atoms with van der Waals surface area (Å²) in [6.45, 7) is 0.648. The molecule has 112 valence electrons. The highest BCUT2D eigenvalue weighted by molar-refractivity contribution is 7.99. The summed E-state index contributed by atoms with van der Waals surface area (Å²) in [4.78, 5) is 28.7. The van der Waals surface area contributed by atoms with Crippen LogP contribution in [0.25, 0.3) is 0 Å². The van der Waals surface area contributed by atoms with E-state index in [-0.39, 0.29) is 18.0 Å². The SMILES string of the molecule is O=C(Cc1ccc([N+](=O)[O-])cc1)N1CCSc2ncccc21. The Morgan fingerprint density at radius 1 is 1.32 bits per heavy atom. The van der Waals surface area contributed by atoms with E-state index in [9.17, 15) is 14.9 Å². The quantitative estimate of drug-likeness (QED) is 0.643. The third kappa shape index (κ3) is 2.94. The number of non-ortho nitro benzene ring substituents is 1. The second kappa shape index (κ2) is 6.15. The van der Waals surface area contributed by atoms with E-state index in [0.717, 1.165) is 22.0 Å². The van der Waals surface area contributed by atoms with Gasteiger partial charge in [-0.15, -0.1) is 11.8 Å². The number of pyridine rings is 1. The van der Waals surface area contributed by atoms with Crippen molar-refractivity contribution in [2.75, 3.05) is 17.2 Å². The molecule has 0 fully saturated rings. The summed E-state index contributed by atoms with van der Waals surface area (Å²) in [5.74, 6) is 0.791. The van der Waals surface area contributed by atoms with Gasteiger partial charge in [-0.1, -0.05) is 12.1 Å². The Kier molecular flexibility index (Phi) is 4.06. The van der Waals surface area contributed by atoms with E-state index in [2.05, 4.69) is 4.98 Å². The first kappa shape index (κ1) is 14.5. The molecule has 0 bridgehead atoms. The molecule has 0 unspecified atom stereocenters. The van der Waals surface area contributed by atoms with Crippen LogP contribution in [0.1, 0.15) is 5.56 Å². The van der Waals surface area contributed by atoms with Gasteiger partial charge in [0.05, 0.1) is 17.0 Å². The van der Waals surface area contributed by atoms with E-state index >= 15 is 0 Å². The number of nitro groups is 1. The molecule has 22 heavy (non-hydrogen) atoms. The monoisotopic (exact) mass is 315 g/mol. The lowest BCUT2D eigenvalue weighted by atomic mass is 10.1. The molecule has 0 atom stereocenters. The number of carbonyl (C=O) groups excluding carboxylic acids is 1. The van der Waals surface area contributed by atoms with Crippen LogP contribution < -0.4 is 4.90 Å². The summed E-state index contributed by atoms with van der Waals surface area (Å²) in [6.07, 6.45) is 1.94. The molecule has 0 spiro atoms. The van der Waals surface area contributed by atoms with Gasteiger partial charge in [0.15, 0.2) is 0 Å². The lowest BCUT2D eigenvalue weighted by molar-refractivity contribution is -0.384. The summed E-state index contributed by atoms with van der Waals surface area (Å²) in [5, 5.41) is 11.5.